The summed E-state index contributed by atoms with van der Waals surface area (Å²) < 4.78 is 4.84. The van der Waals surface area contributed by atoms with E-state index in [1.807, 2.05) is 25.3 Å². The smallest absolute Gasteiger partial charge is 0.339 e. The Balaban J connectivity index is 1.69. The van der Waals surface area contributed by atoms with Gasteiger partial charge in [0.15, 0.2) is 6.04 Å². The summed E-state index contributed by atoms with van der Waals surface area (Å²) in [6, 6.07) is 5.88. The number of carbonyl (C=O) groups excluding carboxylic acids is 2. The molecule has 3 rings (SSSR count). The van der Waals surface area contributed by atoms with Crippen molar-refractivity contribution in [1.82, 2.24) is 4.98 Å². The van der Waals surface area contributed by atoms with Crippen LogP contribution in [-0.2, 0) is 4.74 Å². The van der Waals surface area contributed by atoms with Crippen molar-refractivity contribution < 1.29 is 24.2 Å². The zero-order valence-electron chi connectivity index (χ0n) is 16.4. The van der Waals surface area contributed by atoms with Crippen LogP contribution < -0.4 is 14.8 Å². The second kappa shape index (κ2) is 7.92. The second-order valence-electron chi connectivity index (χ2n) is 7.10. The van der Waals surface area contributed by atoms with Gasteiger partial charge in [-0.15, -0.1) is 0 Å². The van der Waals surface area contributed by atoms with Crippen molar-refractivity contribution in [3.8, 4) is 0 Å². The summed E-state index contributed by atoms with van der Waals surface area (Å²) in [5, 5.41) is 0. The summed E-state index contributed by atoms with van der Waals surface area (Å²) >= 11 is 0. The minimum atomic E-state index is -0.409. The zero-order valence-corrected chi connectivity index (χ0v) is 16.4. The Morgan fingerprint density at radius 2 is 1.96 bits per heavy atom. The summed E-state index contributed by atoms with van der Waals surface area (Å²) in [5.74, 6) is 0.739. The van der Waals surface area contributed by atoms with Crippen molar-refractivity contribution >= 4 is 17.6 Å². The lowest BCUT2D eigenvalue weighted by Gasteiger charge is -2.31. The van der Waals surface area contributed by atoms with E-state index in [4.69, 9.17) is 4.74 Å². The number of Topliss-reactive ketones (excluding diaryl/α,β-unsaturated/α-hetero) is 1. The largest absolute Gasteiger partial charge is 0.465 e. The molecule has 0 bridgehead atoms. The number of piperazine rings is 1. The van der Waals surface area contributed by atoms with Crippen LogP contribution in [0, 0.1) is 13.8 Å². The molecule has 2 aromatic heterocycles. The lowest BCUT2D eigenvalue weighted by molar-refractivity contribution is -0.914. The monoisotopic (exact) mass is 372 g/mol. The van der Waals surface area contributed by atoms with E-state index in [2.05, 4.69) is 20.9 Å². The van der Waals surface area contributed by atoms with E-state index in [0.717, 1.165) is 32.0 Å². The van der Waals surface area contributed by atoms with E-state index < -0.39 is 5.97 Å². The Morgan fingerprint density at radius 1 is 1.26 bits per heavy atom. The number of hydrogen-bond acceptors (Lipinski definition) is 4. The number of pyridine rings is 1. The fourth-order valence-electron chi connectivity index (χ4n) is 3.85. The highest BCUT2D eigenvalue weighted by Gasteiger charge is 2.35. The van der Waals surface area contributed by atoms with Crippen molar-refractivity contribution in [1.29, 1.82) is 0 Å². The highest BCUT2D eigenvalue weighted by molar-refractivity contribution is 6.03. The predicted molar refractivity (Wildman–Crippen MR) is 101 cm³/mol. The predicted octanol–water partition coefficient (Wildman–Crippen LogP) is 0.209. The summed E-state index contributed by atoms with van der Waals surface area (Å²) in [6.07, 6.45) is 1.93. The van der Waals surface area contributed by atoms with E-state index in [0.29, 0.717) is 22.5 Å². The summed E-state index contributed by atoms with van der Waals surface area (Å²) in [4.78, 5) is 35.0. The third-order valence-corrected chi connectivity index (χ3v) is 5.52. The maximum atomic E-state index is 13.1. The number of ether oxygens (including phenoxy) is 1. The number of rotatable bonds is 5. The number of nitrogens with zero attached hydrogens (tertiary/aromatic N) is 1. The van der Waals surface area contributed by atoms with Gasteiger partial charge in [0.2, 0.25) is 5.78 Å². The molecule has 0 aliphatic carbocycles. The molecule has 1 atom stereocenters. The van der Waals surface area contributed by atoms with Crippen LogP contribution in [0.2, 0.25) is 0 Å². The van der Waals surface area contributed by atoms with Gasteiger partial charge in [-0.3, -0.25) is 9.69 Å². The number of aromatic nitrogens is 2. The molecule has 0 amide bonds. The molecule has 0 saturated carbocycles. The molecule has 2 aromatic rings. The molecule has 3 N–H and O–H groups in total. The first-order chi connectivity index (χ1) is 12.9. The third-order valence-electron chi connectivity index (χ3n) is 5.52. The molecular formula is C20H28N4O3+2. The fourth-order valence-corrected chi connectivity index (χ4v) is 3.85. The van der Waals surface area contributed by atoms with Crippen LogP contribution in [0.5, 0.6) is 0 Å². The Labute approximate surface area is 159 Å². The van der Waals surface area contributed by atoms with Crippen LogP contribution in [0.4, 0.5) is 5.82 Å². The Hall–Kier alpha value is -2.67. The highest BCUT2D eigenvalue weighted by atomic mass is 16.5. The van der Waals surface area contributed by atoms with E-state index in [1.54, 1.807) is 13.8 Å². The van der Waals surface area contributed by atoms with Gasteiger partial charge in [0.05, 0.1) is 24.6 Å². The summed E-state index contributed by atoms with van der Waals surface area (Å²) in [5.41, 5.74) is 2.33. The normalized spacial score (nSPS) is 16.2. The van der Waals surface area contributed by atoms with Crippen molar-refractivity contribution in [2.45, 2.75) is 26.8 Å². The van der Waals surface area contributed by atoms with E-state index >= 15 is 0 Å². The molecule has 27 heavy (non-hydrogen) atoms. The van der Waals surface area contributed by atoms with Crippen LogP contribution in [0.3, 0.4) is 0 Å². The molecule has 1 aliphatic rings. The molecule has 1 fully saturated rings. The van der Waals surface area contributed by atoms with Gasteiger partial charge in [-0.05, 0) is 32.4 Å². The minimum Gasteiger partial charge on any atom is -0.465 e. The van der Waals surface area contributed by atoms with Crippen molar-refractivity contribution in [2.75, 3.05) is 38.2 Å². The summed E-state index contributed by atoms with van der Waals surface area (Å²) in [6.45, 7) is 9.12. The van der Waals surface area contributed by atoms with Crippen LogP contribution in [0.15, 0.2) is 24.4 Å². The Kier molecular flexibility index (Phi) is 5.60. The number of carbonyl (C=O) groups is 2. The van der Waals surface area contributed by atoms with Gasteiger partial charge in [0.1, 0.15) is 26.2 Å². The van der Waals surface area contributed by atoms with Gasteiger partial charge in [-0.1, -0.05) is 6.07 Å². The van der Waals surface area contributed by atoms with E-state index in [9.17, 15) is 9.59 Å². The first kappa shape index (κ1) is 19.1. The van der Waals surface area contributed by atoms with Crippen LogP contribution in [0.1, 0.15) is 39.0 Å². The number of nitrogens with one attached hydrogen (secondary N) is 3. The average molecular weight is 372 g/mol. The molecule has 0 aromatic carbocycles. The van der Waals surface area contributed by atoms with Crippen molar-refractivity contribution in [2.24, 2.45) is 0 Å². The van der Waals surface area contributed by atoms with Crippen LogP contribution in [0.25, 0.3) is 0 Å². The number of anilines is 1. The molecule has 3 heterocycles. The number of aryl methyl sites for hydroxylation is 1. The highest BCUT2D eigenvalue weighted by Crippen LogP contribution is 2.20. The van der Waals surface area contributed by atoms with Gasteiger partial charge in [0, 0.05) is 11.8 Å². The first-order valence-corrected chi connectivity index (χ1v) is 9.32. The number of esters is 1. The molecule has 0 radical (unpaired) electrons. The number of ketones is 1. The number of hydrogen-bond donors (Lipinski definition) is 2. The Bertz CT molecular complexity index is 823. The van der Waals surface area contributed by atoms with Crippen molar-refractivity contribution in [3.63, 3.8) is 0 Å². The fraction of sp³-hybridized carbons (Fsp3) is 0.450. The first-order valence-electron chi connectivity index (χ1n) is 9.32. The topological polar surface area (TPSA) is 81.0 Å². The molecule has 1 aliphatic heterocycles. The molecule has 7 nitrogen and oxygen atoms in total. The molecule has 0 spiro atoms. The van der Waals surface area contributed by atoms with Gasteiger partial charge in [-0.25, -0.2) is 9.78 Å². The average Bonchev–Trinajstić information content (AvgIpc) is 3.01. The summed E-state index contributed by atoms with van der Waals surface area (Å²) in [7, 11) is 1.35. The molecule has 0 unspecified atom stereocenters. The van der Waals surface area contributed by atoms with E-state index in [-0.39, 0.29) is 11.8 Å². The van der Waals surface area contributed by atoms with Crippen LogP contribution in [-0.4, -0.2) is 56.1 Å². The van der Waals surface area contributed by atoms with Crippen LogP contribution >= 0.6 is 0 Å². The van der Waals surface area contributed by atoms with E-state index in [1.165, 1.54) is 12.0 Å². The third kappa shape index (κ3) is 3.73. The standard InChI is InChI=1S/C20H26N4O3/c1-13-17(20(26)27-4)14(2)22-18(13)19(25)15(3)23-9-11-24(12-10-23)16-7-5-6-8-21-16/h5-8,15,22H,9-12H2,1-4H3/p+2/t15-/m0/s1. The molecule has 7 heteroatoms. The maximum absolute atomic E-state index is 13.1. The zero-order chi connectivity index (χ0) is 19.6. The van der Waals surface area contributed by atoms with Gasteiger partial charge in [0.25, 0.3) is 5.82 Å². The number of aromatic amines is 2. The lowest BCUT2D eigenvalue weighted by Crippen LogP contribution is -3.18. The van der Waals surface area contributed by atoms with Gasteiger partial charge >= 0.3 is 5.97 Å². The number of methoxy groups -OCH3 is 1. The van der Waals surface area contributed by atoms with Gasteiger partial charge in [-0.2, -0.15) is 0 Å². The van der Waals surface area contributed by atoms with Crippen molar-refractivity contribution in [3.05, 3.63) is 46.9 Å². The molecular weight excluding hydrogens is 344 g/mol. The molecule has 1 saturated heterocycles. The maximum Gasteiger partial charge on any atom is 0.339 e. The minimum absolute atomic E-state index is 0.0421. The number of quaternary nitrogens is 1. The van der Waals surface area contributed by atoms with Gasteiger partial charge < -0.3 is 14.6 Å². The number of H-pyrrole nitrogens is 2. The second-order valence-corrected chi connectivity index (χ2v) is 7.10. The Morgan fingerprint density at radius 3 is 2.56 bits per heavy atom. The SMILES string of the molecule is COC(=O)c1c(C)[nH]c(C(=O)[C@H](C)[NH+]2CCN(c3cccc[nH+]3)CC2)c1C. The lowest BCUT2D eigenvalue weighted by atomic mass is 10.0. The molecule has 144 valence electrons. The quantitative estimate of drug-likeness (QED) is 0.581.